The van der Waals surface area contributed by atoms with Crippen LogP contribution in [0.3, 0.4) is 0 Å². The molecule has 0 saturated heterocycles. The number of aliphatic hydroxyl groups is 1. The number of nitrogens with one attached hydrogen (secondary N) is 2. The molecule has 0 spiro atoms. The Morgan fingerprint density at radius 1 is 1.33 bits per heavy atom. The van der Waals surface area contributed by atoms with Crippen LogP contribution in [0.2, 0.25) is 5.02 Å². The van der Waals surface area contributed by atoms with Gasteiger partial charge in [0.05, 0.1) is 12.5 Å². The molecule has 0 radical (unpaired) electrons. The SMILES string of the molecule is N#CC[C@]1(O)CC(NC(=O)c2cc3cc(Cl)ccc3[nH]2)Cc2ccccc21. The van der Waals surface area contributed by atoms with E-state index in [0.29, 0.717) is 23.6 Å². The number of aromatic amines is 1. The lowest BCUT2D eigenvalue weighted by Gasteiger charge is -2.37. The molecule has 0 saturated carbocycles. The summed E-state index contributed by atoms with van der Waals surface area (Å²) in [7, 11) is 0. The van der Waals surface area contributed by atoms with Crippen LogP contribution in [0, 0.1) is 11.3 Å². The second kappa shape index (κ2) is 6.73. The van der Waals surface area contributed by atoms with Crippen molar-refractivity contribution in [2.24, 2.45) is 0 Å². The van der Waals surface area contributed by atoms with Gasteiger partial charge in [0.1, 0.15) is 11.3 Å². The fourth-order valence-corrected chi connectivity index (χ4v) is 4.08. The van der Waals surface area contributed by atoms with Crippen LogP contribution in [0.4, 0.5) is 0 Å². The Hall–Kier alpha value is -2.81. The van der Waals surface area contributed by atoms with Crippen molar-refractivity contribution in [3.63, 3.8) is 0 Å². The molecular formula is C21H18ClN3O2. The lowest BCUT2D eigenvalue weighted by atomic mass is 9.75. The number of rotatable bonds is 3. The Kier molecular flexibility index (Phi) is 4.39. The first-order chi connectivity index (χ1) is 13.0. The largest absolute Gasteiger partial charge is 0.384 e. The van der Waals surface area contributed by atoms with E-state index in [1.165, 1.54) is 0 Å². The van der Waals surface area contributed by atoms with Gasteiger partial charge in [-0.15, -0.1) is 0 Å². The van der Waals surface area contributed by atoms with E-state index in [1.54, 1.807) is 18.2 Å². The molecule has 0 bridgehead atoms. The molecule has 2 aromatic carbocycles. The molecule has 3 aromatic rings. The lowest BCUT2D eigenvalue weighted by molar-refractivity contribution is 0.0137. The van der Waals surface area contributed by atoms with Gasteiger partial charge in [-0.25, -0.2) is 0 Å². The second-order valence-electron chi connectivity index (χ2n) is 7.02. The van der Waals surface area contributed by atoms with Gasteiger partial charge in [0.25, 0.3) is 5.91 Å². The van der Waals surface area contributed by atoms with Crippen molar-refractivity contribution in [1.29, 1.82) is 5.26 Å². The molecule has 136 valence electrons. The van der Waals surface area contributed by atoms with Gasteiger partial charge in [-0.1, -0.05) is 35.9 Å². The number of fused-ring (bicyclic) bond motifs is 2. The van der Waals surface area contributed by atoms with Gasteiger partial charge in [0.15, 0.2) is 0 Å². The van der Waals surface area contributed by atoms with Crippen molar-refractivity contribution in [3.05, 3.63) is 70.4 Å². The molecule has 27 heavy (non-hydrogen) atoms. The van der Waals surface area contributed by atoms with Crippen LogP contribution in [0.5, 0.6) is 0 Å². The van der Waals surface area contributed by atoms with Crippen molar-refractivity contribution < 1.29 is 9.90 Å². The van der Waals surface area contributed by atoms with Gasteiger partial charge in [0, 0.05) is 28.4 Å². The summed E-state index contributed by atoms with van der Waals surface area (Å²) in [6, 6.07) is 16.5. The summed E-state index contributed by atoms with van der Waals surface area (Å²) >= 11 is 6.00. The molecule has 4 rings (SSSR count). The van der Waals surface area contributed by atoms with Crippen LogP contribution in [-0.4, -0.2) is 22.0 Å². The van der Waals surface area contributed by atoms with E-state index in [0.717, 1.165) is 22.0 Å². The van der Waals surface area contributed by atoms with Gasteiger partial charge in [-0.05, 0) is 41.8 Å². The predicted octanol–water partition coefficient (Wildman–Crippen LogP) is 3.67. The summed E-state index contributed by atoms with van der Waals surface area (Å²) in [6.07, 6.45) is 0.901. The molecule has 1 aromatic heterocycles. The third-order valence-corrected chi connectivity index (χ3v) is 5.34. The van der Waals surface area contributed by atoms with Crippen molar-refractivity contribution >= 4 is 28.4 Å². The van der Waals surface area contributed by atoms with Crippen LogP contribution in [0.25, 0.3) is 10.9 Å². The number of H-pyrrole nitrogens is 1. The Balaban J connectivity index is 1.58. The normalized spacial score (nSPS) is 21.4. The highest BCUT2D eigenvalue weighted by Crippen LogP contribution is 2.37. The Morgan fingerprint density at radius 3 is 2.96 bits per heavy atom. The number of aromatic nitrogens is 1. The zero-order valence-electron chi connectivity index (χ0n) is 14.5. The Labute approximate surface area is 161 Å². The zero-order valence-corrected chi connectivity index (χ0v) is 15.3. The first-order valence-corrected chi connectivity index (χ1v) is 9.13. The Bertz CT molecular complexity index is 1070. The molecule has 2 atom stereocenters. The maximum absolute atomic E-state index is 12.7. The average Bonchev–Trinajstić information content (AvgIpc) is 3.05. The van der Waals surface area contributed by atoms with Gasteiger partial charge < -0.3 is 15.4 Å². The van der Waals surface area contributed by atoms with Crippen LogP contribution < -0.4 is 5.32 Å². The van der Waals surface area contributed by atoms with E-state index < -0.39 is 5.60 Å². The minimum absolute atomic E-state index is 0.0126. The van der Waals surface area contributed by atoms with E-state index >= 15 is 0 Å². The fourth-order valence-electron chi connectivity index (χ4n) is 3.90. The van der Waals surface area contributed by atoms with E-state index in [9.17, 15) is 9.90 Å². The highest BCUT2D eigenvalue weighted by molar-refractivity contribution is 6.31. The highest BCUT2D eigenvalue weighted by Gasteiger charge is 2.39. The van der Waals surface area contributed by atoms with Crippen molar-refractivity contribution in [2.75, 3.05) is 0 Å². The van der Waals surface area contributed by atoms with Gasteiger partial charge in [-0.3, -0.25) is 4.79 Å². The molecule has 1 unspecified atom stereocenters. The maximum atomic E-state index is 12.7. The number of amides is 1. The van der Waals surface area contributed by atoms with E-state index in [2.05, 4.69) is 16.4 Å². The van der Waals surface area contributed by atoms with E-state index in [-0.39, 0.29) is 18.4 Å². The van der Waals surface area contributed by atoms with Crippen molar-refractivity contribution in [2.45, 2.75) is 30.9 Å². The molecule has 3 N–H and O–H groups in total. The number of nitrogens with zero attached hydrogens (tertiary/aromatic N) is 1. The smallest absolute Gasteiger partial charge is 0.267 e. The standard InChI is InChI=1S/C21H18ClN3O2/c22-15-5-6-18-14(9-15)11-19(25-18)20(26)24-16-10-13-3-1-2-4-17(13)21(27,12-16)7-8-23/h1-6,9,11,16,25,27H,7,10,12H2,(H,24,26)/t16?,21-/m0/s1. The van der Waals surface area contributed by atoms with Crippen LogP contribution >= 0.6 is 11.6 Å². The van der Waals surface area contributed by atoms with Crippen LogP contribution in [0.1, 0.15) is 34.5 Å². The zero-order chi connectivity index (χ0) is 19.0. The molecule has 0 aliphatic heterocycles. The van der Waals surface area contributed by atoms with Crippen LogP contribution in [0.15, 0.2) is 48.5 Å². The quantitative estimate of drug-likeness (QED) is 0.648. The monoisotopic (exact) mass is 379 g/mol. The minimum atomic E-state index is -1.25. The molecule has 5 nitrogen and oxygen atoms in total. The number of carbonyl (C=O) groups is 1. The molecule has 6 heteroatoms. The summed E-state index contributed by atoms with van der Waals surface area (Å²) < 4.78 is 0. The van der Waals surface area contributed by atoms with Crippen molar-refractivity contribution in [3.8, 4) is 6.07 Å². The molecule has 1 heterocycles. The number of halogens is 1. The number of carbonyl (C=O) groups excluding carboxylic acids is 1. The van der Waals surface area contributed by atoms with Crippen LogP contribution in [-0.2, 0) is 12.0 Å². The molecule has 1 aliphatic rings. The van der Waals surface area contributed by atoms with Gasteiger partial charge in [0.2, 0.25) is 0 Å². The summed E-state index contributed by atoms with van der Waals surface area (Å²) in [5.41, 5.74) is 1.75. The number of benzene rings is 2. The van der Waals surface area contributed by atoms with E-state index in [1.807, 2.05) is 30.3 Å². The third-order valence-electron chi connectivity index (χ3n) is 5.10. The summed E-state index contributed by atoms with van der Waals surface area (Å²) in [4.78, 5) is 15.8. The topological polar surface area (TPSA) is 88.9 Å². The first-order valence-electron chi connectivity index (χ1n) is 8.75. The van der Waals surface area contributed by atoms with Gasteiger partial charge in [-0.2, -0.15) is 5.26 Å². The van der Waals surface area contributed by atoms with E-state index in [4.69, 9.17) is 16.9 Å². The minimum Gasteiger partial charge on any atom is -0.384 e. The second-order valence-corrected chi connectivity index (χ2v) is 7.45. The molecule has 1 aliphatic carbocycles. The number of hydrogen-bond acceptors (Lipinski definition) is 3. The maximum Gasteiger partial charge on any atom is 0.267 e. The number of nitriles is 1. The average molecular weight is 380 g/mol. The highest BCUT2D eigenvalue weighted by atomic mass is 35.5. The fraction of sp³-hybridized carbons (Fsp3) is 0.238. The summed E-state index contributed by atoms with van der Waals surface area (Å²) in [5.74, 6) is -0.244. The predicted molar refractivity (Wildman–Crippen MR) is 103 cm³/mol. The molecular weight excluding hydrogens is 362 g/mol. The number of hydrogen-bond donors (Lipinski definition) is 3. The summed E-state index contributed by atoms with van der Waals surface area (Å²) in [5, 5.41) is 24.6. The lowest BCUT2D eigenvalue weighted by Crippen LogP contribution is -2.46. The molecule has 1 amide bonds. The third kappa shape index (κ3) is 3.30. The first kappa shape index (κ1) is 17.6. The van der Waals surface area contributed by atoms with Gasteiger partial charge >= 0.3 is 0 Å². The Morgan fingerprint density at radius 2 is 2.15 bits per heavy atom. The molecule has 0 fully saturated rings. The van der Waals surface area contributed by atoms with Crippen molar-refractivity contribution in [1.82, 2.24) is 10.3 Å². The summed E-state index contributed by atoms with van der Waals surface area (Å²) in [6.45, 7) is 0.